The fourth-order valence-corrected chi connectivity index (χ4v) is 1.25. The number of nitrogens with one attached hydrogen (secondary N) is 1. The average Bonchev–Trinajstić information content (AvgIpc) is 2.35. The van der Waals surface area contributed by atoms with E-state index in [4.69, 9.17) is 4.74 Å². The van der Waals surface area contributed by atoms with Crippen molar-refractivity contribution in [3.05, 3.63) is 29.8 Å². The Bertz CT molecular complexity index is 422. The molecule has 1 rings (SSSR count). The lowest BCUT2D eigenvalue weighted by molar-refractivity contribution is 0.0954. The van der Waals surface area contributed by atoms with Crippen LogP contribution in [0.1, 0.15) is 44.5 Å². The number of amides is 1. The van der Waals surface area contributed by atoms with Gasteiger partial charge in [0.2, 0.25) is 0 Å². The van der Waals surface area contributed by atoms with Crippen molar-refractivity contribution in [1.82, 2.24) is 5.43 Å². The molecule has 1 N–H and O–H groups in total. The Morgan fingerprint density at radius 3 is 2.44 bits per heavy atom. The second-order valence-electron chi connectivity index (χ2n) is 4.33. The molecule has 0 radical (unpaired) electrons. The number of hydrogen-bond donors (Lipinski definition) is 1. The highest BCUT2D eigenvalue weighted by Crippen LogP contribution is 2.13. The van der Waals surface area contributed by atoms with Gasteiger partial charge in [0.05, 0.1) is 6.10 Å². The summed E-state index contributed by atoms with van der Waals surface area (Å²) in [5.41, 5.74) is 3.98. The lowest BCUT2D eigenvalue weighted by atomic mass is 10.2. The molecule has 4 nitrogen and oxygen atoms in total. The highest BCUT2D eigenvalue weighted by Gasteiger charge is 2.05. The molecule has 1 amide bonds. The summed E-state index contributed by atoms with van der Waals surface area (Å²) in [6.07, 6.45) is 0.947. The van der Waals surface area contributed by atoms with Gasteiger partial charge in [-0.25, -0.2) is 5.43 Å². The van der Waals surface area contributed by atoms with E-state index >= 15 is 0 Å². The van der Waals surface area contributed by atoms with E-state index in [-0.39, 0.29) is 12.0 Å². The van der Waals surface area contributed by atoms with Gasteiger partial charge in [-0.15, -0.1) is 0 Å². The van der Waals surface area contributed by atoms with Gasteiger partial charge in [0.1, 0.15) is 5.75 Å². The number of ether oxygens (including phenoxy) is 1. The van der Waals surface area contributed by atoms with Crippen LogP contribution in [0.25, 0.3) is 0 Å². The number of carbonyl (C=O) groups excluding carboxylic acids is 1. The fraction of sp³-hybridized carbons (Fsp3) is 0.429. The van der Waals surface area contributed by atoms with Crippen molar-refractivity contribution in [3.8, 4) is 5.75 Å². The van der Waals surface area contributed by atoms with E-state index in [0.717, 1.165) is 17.9 Å². The van der Waals surface area contributed by atoms with Crippen LogP contribution in [0.4, 0.5) is 0 Å². The zero-order chi connectivity index (χ0) is 13.5. The molecule has 18 heavy (non-hydrogen) atoms. The molecule has 0 fully saturated rings. The number of rotatable bonds is 5. The Kier molecular flexibility index (Phi) is 5.36. The molecule has 1 aromatic rings. The normalized spacial score (nSPS) is 11.5. The SMILES string of the molecule is CC/C(C)=N\NC(=O)c1ccc(OC(C)C)cc1. The summed E-state index contributed by atoms with van der Waals surface area (Å²) in [5, 5.41) is 3.98. The fourth-order valence-electron chi connectivity index (χ4n) is 1.25. The van der Waals surface area contributed by atoms with Crippen molar-refractivity contribution < 1.29 is 9.53 Å². The summed E-state index contributed by atoms with van der Waals surface area (Å²) in [4.78, 5) is 11.7. The van der Waals surface area contributed by atoms with E-state index in [1.54, 1.807) is 24.3 Å². The van der Waals surface area contributed by atoms with Gasteiger partial charge in [0.15, 0.2) is 0 Å². The number of benzene rings is 1. The second kappa shape index (κ2) is 6.79. The van der Waals surface area contributed by atoms with Crippen LogP contribution in [0.3, 0.4) is 0 Å². The Balaban J connectivity index is 2.64. The predicted octanol–water partition coefficient (Wildman–Crippen LogP) is 2.99. The van der Waals surface area contributed by atoms with Gasteiger partial charge >= 0.3 is 0 Å². The van der Waals surface area contributed by atoms with Crippen molar-refractivity contribution in [2.45, 2.75) is 40.2 Å². The van der Waals surface area contributed by atoms with Gasteiger partial charge in [0.25, 0.3) is 5.91 Å². The summed E-state index contributed by atoms with van der Waals surface area (Å²) in [5.74, 6) is 0.550. The summed E-state index contributed by atoms with van der Waals surface area (Å²) < 4.78 is 5.51. The first-order chi connectivity index (χ1) is 8.52. The third-order valence-corrected chi connectivity index (χ3v) is 2.35. The van der Waals surface area contributed by atoms with E-state index < -0.39 is 0 Å². The largest absolute Gasteiger partial charge is 0.491 e. The van der Waals surface area contributed by atoms with Crippen LogP contribution in [0, 0.1) is 0 Å². The van der Waals surface area contributed by atoms with Gasteiger partial charge in [0, 0.05) is 11.3 Å². The maximum absolute atomic E-state index is 11.7. The summed E-state index contributed by atoms with van der Waals surface area (Å²) in [7, 11) is 0. The predicted molar refractivity (Wildman–Crippen MR) is 73.1 cm³/mol. The first-order valence-electron chi connectivity index (χ1n) is 6.13. The van der Waals surface area contributed by atoms with Crippen LogP contribution in [-0.4, -0.2) is 17.7 Å². The Morgan fingerprint density at radius 2 is 1.94 bits per heavy atom. The lowest BCUT2D eigenvalue weighted by Crippen LogP contribution is -2.18. The van der Waals surface area contributed by atoms with Gasteiger partial charge in [-0.2, -0.15) is 5.10 Å². The van der Waals surface area contributed by atoms with Crippen molar-refractivity contribution in [2.24, 2.45) is 5.10 Å². The smallest absolute Gasteiger partial charge is 0.271 e. The molecule has 0 heterocycles. The molecule has 0 saturated carbocycles. The monoisotopic (exact) mass is 248 g/mol. The van der Waals surface area contributed by atoms with E-state index in [0.29, 0.717) is 5.56 Å². The minimum Gasteiger partial charge on any atom is -0.491 e. The van der Waals surface area contributed by atoms with Gasteiger partial charge in [-0.05, 0) is 51.5 Å². The van der Waals surface area contributed by atoms with Gasteiger partial charge < -0.3 is 4.74 Å². The molecular formula is C14H20N2O2. The number of hydrazone groups is 1. The van der Waals surface area contributed by atoms with Gasteiger partial charge in [-0.1, -0.05) is 6.92 Å². The standard InChI is InChI=1S/C14H20N2O2/c1-5-11(4)15-16-14(17)12-6-8-13(9-7-12)18-10(2)3/h6-10H,5H2,1-4H3,(H,16,17)/b15-11-. The van der Waals surface area contributed by atoms with Crippen molar-refractivity contribution in [3.63, 3.8) is 0 Å². The topological polar surface area (TPSA) is 50.7 Å². The molecule has 0 aliphatic carbocycles. The van der Waals surface area contributed by atoms with Crippen molar-refractivity contribution >= 4 is 11.6 Å². The number of carbonyl (C=O) groups is 1. The van der Waals surface area contributed by atoms with Crippen LogP contribution in [0.15, 0.2) is 29.4 Å². The Morgan fingerprint density at radius 1 is 1.33 bits per heavy atom. The number of hydrogen-bond acceptors (Lipinski definition) is 3. The first-order valence-corrected chi connectivity index (χ1v) is 6.13. The highest BCUT2D eigenvalue weighted by atomic mass is 16.5. The lowest BCUT2D eigenvalue weighted by Gasteiger charge is -2.09. The summed E-state index contributed by atoms with van der Waals surface area (Å²) >= 11 is 0. The van der Waals surface area contributed by atoms with Crippen molar-refractivity contribution in [1.29, 1.82) is 0 Å². The quantitative estimate of drug-likeness (QED) is 0.643. The highest BCUT2D eigenvalue weighted by molar-refractivity contribution is 5.95. The van der Waals surface area contributed by atoms with E-state index in [9.17, 15) is 4.79 Å². The molecule has 0 aromatic heterocycles. The van der Waals surface area contributed by atoms with E-state index in [1.807, 2.05) is 27.7 Å². The first kappa shape index (κ1) is 14.2. The molecule has 0 saturated heterocycles. The summed E-state index contributed by atoms with van der Waals surface area (Å²) in [6.45, 7) is 7.79. The van der Waals surface area contributed by atoms with Crippen LogP contribution >= 0.6 is 0 Å². The van der Waals surface area contributed by atoms with E-state index in [1.165, 1.54) is 0 Å². The van der Waals surface area contributed by atoms with Crippen molar-refractivity contribution in [2.75, 3.05) is 0 Å². The van der Waals surface area contributed by atoms with Crippen LogP contribution in [0.2, 0.25) is 0 Å². The average molecular weight is 248 g/mol. The molecule has 0 unspecified atom stereocenters. The number of nitrogens with zero attached hydrogens (tertiary/aromatic N) is 1. The molecule has 1 aromatic carbocycles. The second-order valence-corrected chi connectivity index (χ2v) is 4.33. The Labute approximate surface area is 108 Å². The molecule has 0 spiro atoms. The van der Waals surface area contributed by atoms with Crippen LogP contribution in [-0.2, 0) is 0 Å². The maximum Gasteiger partial charge on any atom is 0.271 e. The van der Waals surface area contributed by atoms with Crippen LogP contribution in [0.5, 0.6) is 5.75 Å². The molecule has 4 heteroatoms. The van der Waals surface area contributed by atoms with E-state index in [2.05, 4.69) is 10.5 Å². The molecule has 0 aliphatic rings. The molecule has 98 valence electrons. The van der Waals surface area contributed by atoms with Crippen LogP contribution < -0.4 is 10.2 Å². The Hall–Kier alpha value is -1.84. The zero-order valence-electron chi connectivity index (χ0n) is 11.4. The minimum absolute atomic E-state index is 0.126. The third kappa shape index (κ3) is 4.57. The molecule has 0 bridgehead atoms. The zero-order valence-corrected chi connectivity index (χ0v) is 11.4. The minimum atomic E-state index is -0.209. The molecule has 0 aliphatic heterocycles. The maximum atomic E-state index is 11.7. The van der Waals surface area contributed by atoms with Gasteiger partial charge in [-0.3, -0.25) is 4.79 Å². The third-order valence-electron chi connectivity index (χ3n) is 2.35. The summed E-state index contributed by atoms with van der Waals surface area (Å²) in [6, 6.07) is 7.02. The molecular weight excluding hydrogens is 228 g/mol. The molecule has 0 atom stereocenters.